The molecule has 1 atom stereocenters. The van der Waals surface area contributed by atoms with Crippen molar-refractivity contribution in [3.63, 3.8) is 0 Å². The van der Waals surface area contributed by atoms with Crippen molar-refractivity contribution in [3.8, 4) is 0 Å². The van der Waals surface area contributed by atoms with Crippen LogP contribution < -0.4 is 5.32 Å². The van der Waals surface area contributed by atoms with Crippen molar-refractivity contribution in [2.45, 2.75) is 57.7 Å². The van der Waals surface area contributed by atoms with Gasteiger partial charge in [0.15, 0.2) is 0 Å². The van der Waals surface area contributed by atoms with Crippen LogP contribution in [0.1, 0.15) is 40.0 Å². The largest absolute Gasteiger partial charge is 0.444 e. The molecule has 0 spiro atoms. The Morgan fingerprint density at radius 3 is 2.42 bits per heavy atom. The van der Waals surface area contributed by atoms with Crippen molar-refractivity contribution in [2.24, 2.45) is 0 Å². The van der Waals surface area contributed by atoms with Crippen molar-refractivity contribution in [3.05, 3.63) is 0 Å². The standard InChI is InChI=1S/C14H26N2O3/c1-14(2,3)19-13(17)16(12-4-7-15-10-12)11-5-8-18-9-6-11/h11-12,15H,4-10H2,1-3H3/t12-/m0/s1. The molecule has 0 aromatic heterocycles. The second kappa shape index (κ2) is 6.09. The molecular formula is C14H26N2O3. The summed E-state index contributed by atoms with van der Waals surface area (Å²) in [6, 6.07) is 0.520. The van der Waals surface area contributed by atoms with E-state index in [-0.39, 0.29) is 18.2 Å². The number of carbonyl (C=O) groups is 1. The predicted molar refractivity (Wildman–Crippen MR) is 73.2 cm³/mol. The Morgan fingerprint density at radius 1 is 1.21 bits per heavy atom. The summed E-state index contributed by atoms with van der Waals surface area (Å²) in [4.78, 5) is 14.4. The van der Waals surface area contributed by atoms with E-state index >= 15 is 0 Å². The highest BCUT2D eigenvalue weighted by Gasteiger charge is 2.36. The molecule has 2 saturated heterocycles. The van der Waals surface area contributed by atoms with Crippen LogP contribution in [0, 0.1) is 0 Å². The predicted octanol–water partition coefficient (Wildman–Crippen LogP) is 1.76. The first kappa shape index (κ1) is 14.6. The van der Waals surface area contributed by atoms with Crippen LogP contribution in [-0.2, 0) is 9.47 Å². The Balaban J connectivity index is 2.06. The summed E-state index contributed by atoms with van der Waals surface area (Å²) in [5, 5.41) is 3.33. The molecule has 0 saturated carbocycles. The SMILES string of the molecule is CC(C)(C)OC(=O)N(C1CCOCC1)[C@H]1CCNC1. The van der Waals surface area contributed by atoms with Crippen LogP contribution in [0.25, 0.3) is 0 Å². The van der Waals surface area contributed by atoms with Crippen LogP contribution in [-0.4, -0.2) is 55.0 Å². The lowest BCUT2D eigenvalue weighted by Gasteiger charge is -2.38. The molecule has 0 aromatic rings. The van der Waals surface area contributed by atoms with Crippen LogP contribution in [0.2, 0.25) is 0 Å². The lowest BCUT2D eigenvalue weighted by atomic mass is 10.0. The summed E-state index contributed by atoms with van der Waals surface area (Å²) in [5.74, 6) is 0. The van der Waals surface area contributed by atoms with E-state index in [1.807, 2.05) is 25.7 Å². The van der Waals surface area contributed by atoms with Gasteiger partial charge in [-0.25, -0.2) is 4.79 Å². The first-order chi connectivity index (χ1) is 8.97. The van der Waals surface area contributed by atoms with Crippen LogP contribution in [0.5, 0.6) is 0 Å². The Bertz CT molecular complexity index is 302. The molecule has 0 aliphatic carbocycles. The van der Waals surface area contributed by atoms with Gasteiger partial charge in [0.1, 0.15) is 5.60 Å². The van der Waals surface area contributed by atoms with Crippen molar-refractivity contribution in [1.29, 1.82) is 0 Å². The zero-order chi connectivity index (χ0) is 13.9. The number of amides is 1. The van der Waals surface area contributed by atoms with Gasteiger partial charge < -0.3 is 19.7 Å². The number of hydrogen-bond donors (Lipinski definition) is 1. The molecule has 0 radical (unpaired) electrons. The minimum atomic E-state index is -0.438. The highest BCUT2D eigenvalue weighted by molar-refractivity contribution is 5.69. The molecule has 0 unspecified atom stereocenters. The van der Waals surface area contributed by atoms with Crippen molar-refractivity contribution in [2.75, 3.05) is 26.3 Å². The van der Waals surface area contributed by atoms with Crippen LogP contribution in [0.4, 0.5) is 4.79 Å². The molecule has 0 aromatic carbocycles. The average Bonchev–Trinajstić information content (AvgIpc) is 2.82. The minimum Gasteiger partial charge on any atom is -0.444 e. The summed E-state index contributed by atoms with van der Waals surface area (Å²) >= 11 is 0. The Morgan fingerprint density at radius 2 is 1.89 bits per heavy atom. The fourth-order valence-corrected chi connectivity index (χ4v) is 2.75. The normalized spacial score (nSPS) is 25.3. The number of nitrogens with zero attached hydrogens (tertiary/aromatic N) is 1. The maximum absolute atomic E-state index is 12.5. The molecule has 2 rings (SSSR count). The molecule has 2 aliphatic heterocycles. The maximum Gasteiger partial charge on any atom is 0.410 e. The molecule has 1 amide bonds. The quantitative estimate of drug-likeness (QED) is 0.831. The van der Waals surface area contributed by atoms with Gasteiger partial charge in [0, 0.05) is 31.8 Å². The highest BCUT2D eigenvalue weighted by atomic mass is 16.6. The van der Waals surface area contributed by atoms with Gasteiger partial charge in [-0.2, -0.15) is 0 Å². The first-order valence-corrected chi connectivity index (χ1v) is 7.27. The number of ether oxygens (including phenoxy) is 2. The summed E-state index contributed by atoms with van der Waals surface area (Å²) in [6.45, 7) is 9.08. The monoisotopic (exact) mass is 270 g/mol. The molecule has 5 heteroatoms. The Kier molecular flexibility index (Phi) is 4.68. The lowest BCUT2D eigenvalue weighted by molar-refractivity contribution is -0.0161. The molecule has 2 heterocycles. The molecular weight excluding hydrogens is 244 g/mol. The third-order valence-electron chi connectivity index (χ3n) is 3.62. The highest BCUT2D eigenvalue weighted by Crippen LogP contribution is 2.23. The summed E-state index contributed by atoms with van der Waals surface area (Å²) in [6.07, 6.45) is 2.66. The van der Waals surface area contributed by atoms with E-state index in [1.165, 1.54) is 0 Å². The molecule has 2 fully saturated rings. The van der Waals surface area contributed by atoms with Gasteiger partial charge in [0.25, 0.3) is 0 Å². The molecule has 0 bridgehead atoms. The first-order valence-electron chi connectivity index (χ1n) is 7.27. The van der Waals surface area contributed by atoms with Crippen molar-refractivity contribution in [1.82, 2.24) is 10.2 Å². The van der Waals surface area contributed by atoms with E-state index in [2.05, 4.69) is 5.32 Å². The third-order valence-corrected chi connectivity index (χ3v) is 3.62. The van der Waals surface area contributed by atoms with E-state index in [0.717, 1.165) is 45.6 Å². The van der Waals surface area contributed by atoms with E-state index in [0.29, 0.717) is 0 Å². The van der Waals surface area contributed by atoms with Gasteiger partial charge in [-0.1, -0.05) is 0 Å². The number of nitrogens with one attached hydrogen (secondary N) is 1. The number of hydrogen-bond acceptors (Lipinski definition) is 4. The summed E-state index contributed by atoms with van der Waals surface area (Å²) in [5.41, 5.74) is -0.438. The van der Waals surface area contributed by atoms with Crippen LogP contribution in [0.15, 0.2) is 0 Å². The molecule has 110 valence electrons. The van der Waals surface area contributed by atoms with Gasteiger partial charge in [0.2, 0.25) is 0 Å². The maximum atomic E-state index is 12.5. The Hall–Kier alpha value is -0.810. The van der Waals surface area contributed by atoms with Gasteiger partial charge in [-0.15, -0.1) is 0 Å². The average molecular weight is 270 g/mol. The summed E-state index contributed by atoms with van der Waals surface area (Å²) in [7, 11) is 0. The minimum absolute atomic E-state index is 0.173. The number of rotatable bonds is 2. The Labute approximate surface area is 115 Å². The van der Waals surface area contributed by atoms with Gasteiger partial charge >= 0.3 is 6.09 Å². The molecule has 5 nitrogen and oxygen atoms in total. The molecule has 2 aliphatic rings. The van der Waals surface area contributed by atoms with E-state index in [9.17, 15) is 4.79 Å². The van der Waals surface area contributed by atoms with E-state index in [1.54, 1.807) is 0 Å². The lowest BCUT2D eigenvalue weighted by Crippen LogP contribution is -2.51. The van der Waals surface area contributed by atoms with Crippen LogP contribution >= 0.6 is 0 Å². The van der Waals surface area contributed by atoms with E-state index < -0.39 is 5.60 Å². The van der Waals surface area contributed by atoms with Crippen molar-refractivity contribution >= 4 is 6.09 Å². The smallest absolute Gasteiger partial charge is 0.410 e. The zero-order valence-corrected chi connectivity index (χ0v) is 12.3. The second-order valence-corrected chi connectivity index (χ2v) is 6.38. The fraction of sp³-hybridized carbons (Fsp3) is 0.929. The van der Waals surface area contributed by atoms with E-state index in [4.69, 9.17) is 9.47 Å². The van der Waals surface area contributed by atoms with Crippen LogP contribution in [0.3, 0.4) is 0 Å². The van der Waals surface area contributed by atoms with Gasteiger partial charge in [0.05, 0.1) is 0 Å². The summed E-state index contributed by atoms with van der Waals surface area (Å²) < 4.78 is 11.0. The van der Waals surface area contributed by atoms with Crippen molar-refractivity contribution < 1.29 is 14.3 Å². The number of carbonyl (C=O) groups excluding carboxylic acids is 1. The third kappa shape index (κ3) is 4.08. The fourth-order valence-electron chi connectivity index (χ4n) is 2.75. The molecule has 1 N–H and O–H groups in total. The molecule has 19 heavy (non-hydrogen) atoms. The second-order valence-electron chi connectivity index (χ2n) is 6.38. The van der Waals surface area contributed by atoms with Gasteiger partial charge in [-0.05, 0) is 46.6 Å². The van der Waals surface area contributed by atoms with Gasteiger partial charge in [-0.3, -0.25) is 0 Å². The zero-order valence-electron chi connectivity index (χ0n) is 12.3. The topological polar surface area (TPSA) is 50.8 Å².